The van der Waals surface area contributed by atoms with Crippen LogP contribution in [0.2, 0.25) is 0 Å². The number of ketones is 2. The number of hydrogen-bond donors (Lipinski definition) is 2. The zero-order valence-electron chi connectivity index (χ0n) is 12.8. The molecule has 2 aliphatic carbocycles. The Kier molecular flexibility index (Phi) is 4.10. The maximum Gasteiger partial charge on any atom is 0.307 e. The number of esters is 1. The van der Waals surface area contributed by atoms with Gasteiger partial charge in [0.2, 0.25) is 0 Å². The van der Waals surface area contributed by atoms with Crippen molar-refractivity contribution in [2.24, 2.45) is 11.3 Å². The molecule has 6 nitrogen and oxygen atoms in total. The largest absolute Gasteiger partial charge is 0.431 e. The number of Topliss-reactive ketones (excluding diaryl/α,β-unsaturated/α-hetero) is 2. The topological polar surface area (TPSA) is 101 Å². The highest BCUT2D eigenvalue weighted by atomic mass is 16.5. The average Bonchev–Trinajstić information content (AvgIpc) is 2.39. The molecule has 0 aromatic heterocycles. The van der Waals surface area contributed by atoms with Gasteiger partial charge in [-0.2, -0.15) is 0 Å². The van der Waals surface area contributed by atoms with Crippen LogP contribution in [0, 0.1) is 11.3 Å². The predicted octanol–water partition coefficient (Wildman–Crippen LogP) is 0.670. The number of carbonyl (C=O) groups excluding carboxylic acids is 3. The second kappa shape index (κ2) is 5.44. The first-order chi connectivity index (χ1) is 10.1. The summed E-state index contributed by atoms with van der Waals surface area (Å²) in [7, 11) is 0. The summed E-state index contributed by atoms with van der Waals surface area (Å²) in [5.41, 5.74) is -2.78. The summed E-state index contributed by atoms with van der Waals surface area (Å²) in [6.07, 6.45) is 3.12. The van der Waals surface area contributed by atoms with Crippen molar-refractivity contribution < 1.29 is 29.3 Å². The van der Waals surface area contributed by atoms with E-state index in [4.69, 9.17) is 4.74 Å². The minimum absolute atomic E-state index is 0.0480. The molecule has 1 saturated carbocycles. The number of hydrogen-bond acceptors (Lipinski definition) is 6. The molecule has 0 heterocycles. The Labute approximate surface area is 128 Å². The first-order valence-corrected chi connectivity index (χ1v) is 7.12. The fourth-order valence-corrected chi connectivity index (χ4v) is 3.23. The van der Waals surface area contributed by atoms with Crippen LogP contribution in [0.3, 0.4) is 0 Å². The highest BCUT2D eigenvalue weighted by molar-refractivity contribution is 5.96. The van der Waals surface area contributed by atoms with E-state index in [1.165, 1.54) is 6.92 Å². The Hall–Kier alpha value is -1.79. The highest BCUT2D eigenvalue weighted by Gasteiger charge is 2.57. The van der Waals surface area contributed by atoms with Gasteiger partial charge < -0.3 is 14.9 Å². The van der Waals surface area contributed by atoms with Crippen LogP contribution in [0.5, 0.6) is 0 Å². The number of rotatable bonds is 3. The molecule has 2 N–H and O–H groups in total. The van der Waals surface area contributed by atoms with E-state index in [0.29, 0.717) is 5.76 Å². The van der Waals surface area contributed by atoms with E-state index in [2.05, 4.69) is 0 Å². The standard InChI is InChI=1S/C16H20O6/c1-9(17)14(20)16(21)7-11-12(22-10(2)18)5-4-6-15(11,3)8-13(16)19/h4-6,11,14,20-21H,7-8H2,1-3H3/t11-,14+,15-,16-/m0/s1. The summed E-state index contributed by atoms with van der Waals surface area (Å²) in [5.74, 6) is -1.90. The molecule has 0 bridgehead atoms. The summed E-state index contributed by atoms with van der Waals surface area (Å²) in [6.45, 7) is 4.21. The molecule has 120 valence electrons. The summed E-state index contributed by atoms with van der Waals surface area (Å²) in [5, 5.41) is 20.5. The maximum absolute atomic E-state index is 12.3. The summed E-state index contributed by atoms with van der Waals surface area (Å²) < 4.78 is 5.18. The van der Waals surface area contributed by atoms with Crippen molar-refractivity contribution in [1.82, 2.24) is 0 Å². The fourth-order valence-electron chi connectivity index (χ4n) is 3.23. The molecule has 22 heavy (non-hydrogen) atoms. The van der Waals surface area contributed by atoms with E-state index in [1.807, 2.05) is 13.0 Å². The van der Waals surface area contributed by atoms with Crippen LogP contribution in [0.25, 0.3) is 0 Å². The van der Waals surface area contributed by atoms with E-state index in [1.54, 1.807) is 12.2 Å². The molecule has 2 aliphatic rings. The molecule has 1 fully saturated rings. The van der Waals surface area contributed by atoms with Crippen LogP contribution in [-0.4, -0.2) is 39.5 Å². The molecular formula is C16H20O6. The molecule has 0 unspecified atom stereocenters. The van der Waals surface area contributed by atoms with Gasteiger partial charge in [0.25, 0.3) is 0 Å². The van der Waals surface area contributed by atoms with Gasteiger partial charge in [-0.25, -0.2) is 0 Å². The number of aliphatic hydroxyl groups is 2. The molecule has 4 atom stereocenters. The van der Waals surface area contributed by atoms with Crippen molar-refractivity contribution in [3.05, 3.63) is 24.0 Å². The zero-order chi connectivity index (χ0) is 16.7. The van der Waals surface area contributed by atoms with Crippen LogP contribution in [0.15, 0.2) is 24.0 Å². The Bertz CT molecular complexity index is 589. The van der Waals surface area contributed by atoms with Gasteiger partial charge in [0.05, 0.1) is 0 Å². The van der Waals surface area contributed by atoms with Gasteiger partial charge >= 0.3 is 5.97 Å². The van der Waals surface area contributed by atoms with Gasteiger partial charge in [-0.1, -0.05) is 19.1 Å². The Morgan fingerprint density at radius 1 is 1.41 bits per heavy atom. The lowest BCUT2D eigenvalue weighted by atomic mass is 9.59. The Balaban J connectivity index is 2.39. The monoisotopic (exact) mass is 308 g/mol. The number of fused-ring (bicyclic) bond motifs is 1. The van der Waals surface area contributed by atoms with Crippen LogP contribution >= 0.6 is 0 Å². The van der Waals surface area contributed by atoms with Crippen LogP contribution < -0.4 is 0 Å². The van der Waals surface area contributed by atoms with E-state index >= 15 is 0 Å². The lowest BCUT2D eigenvalue weighted by Gasteiger charge is -2.47. The van der Waals surface area contributed by atoms with E-state index in [0.717, 1.165) is 6.92 Å². The first-order valence-electron chi connectivity index (χ1n) is 7.12. The lowest BCUT2D eigenvalue weighted by Crippen LogP contribution is -2.59. The Morgan fingerprint density at radius 2 is 2.05 bits per heavy atom. The molecule has 0 spiro atoms. The van der Waals surface area contributed by atoms with Gasteiger partial charge in [0, 0.05) is 24.7 Å². The van der Waals surface area contributed by atoms with Gasteiger partial charge in [-0.3, -0.25) is 14.4 Å². The minimum Gasteiger partial charge on any atom is -0.431 e. The molecular weight excluding hydrogens is 288 g/mol. The van der Waals surface area contributed by atoms with E-state index in [-0.39, 0.29) is 12.8 Å². The van der Waals surface area contributed by atoms with Gasteiger partial charge in [0.15, 0.2) is 17.2 Å². The zero-order valence-corrected chi connectivity index (χ0v) is 12.8. The summed E-state index contributed by atoms with van der Waals surface area (Å²) >= 11 is 0. The molecule has 0 saturated heterocycles. The van der Waals surface area contributed by atoms with Crippen molar-refractivity contribution in [2.45, 2.75) is 45.3 Å². The molecule has 0 aliphatic heterocycles. The number of allylic oxidation sites excluding steroid dienone is 4. The number of ether oxygens (including phenoxy) is 1. The third kappa shape index (κ3) is 2.64. The quantitative estimate of drug-likeness (QED) is 0.743. The fraction of sp³-hybridized carbons (Fsp3) is 0.562. The normalized spacial score (nSPS) is 35.4. The minimum atomic E-state index is -2.15. The van der Waals surface area contributed by atoms with Crippen molar-refractivity contribution in [2.75, 3.05) is 0 Å². The predicted molar refractivity (Wildman–Crippen MR) is 76.5 cm³/mol. The van der Waals surface area contributed by atoms with E-state index < -0.39 is 40.6 Å². The third-order valence-corrected chi connectivity index (χ3v) is 4.52. The van der Waals surface area contributed by atoms with Gasteiger partial charge in [-0.05, 0) is 19.4 Å². The van der Waals surface area contributed by atoms with Crippen molar-refractivity contribution in [3.63, 3.8) is 0 Å². The molecule has 0 aromatic rings. The van der Waals surface area contributed by atoms with Crippen LogP contribution in [0.4, 0.5) is 0 Å². The summed E-state index contributed by atoms with van der Waals surface area (Å²) in [6, 6.07) is 0. The van der Waals surface area contributed by atoms with Crippen molar-refractivity contribution in [1.29, 1.82) is 0 Å². The first kappa shape index (κ1) is 16.6. The molecule has 0 aromatic carbocycles. The van der Waals surface area contributed by atoms with Crippen molar-refractivity contribution >= 4 is 17.5 Å². The molecule has 0 amide bonds. The van der Waals surface area contributed by atoms with Gasteiger partial charge in [0.1, 0.15) is 11.9 Å². The second-order valence-electron chi connectivity index (χ2n) is 6.32. The lowest BCUT2D eigenvalue weighted by molar-refractivity contribution is -0.171. The third-order valence-electron chi connectivity index (χ3n) is 4.52. The molecule has 6 heteroatoms. The van der Waals surface area contributed by atoms with Crippen LogP contribution in [-0.2, 0) is 19.1 Å². The highest BCUT2D eigenvalue weighted by Crippen LogP contribution is 2.50. The van der Waals surface area contributed by atoms with E-state index in [9.17, 15) is 24.6 Å². The molecule has 0 radical (unpaired) electrons. The van der Waals surface area contributed by atoms with Gasteiger partial charge in [-0.15, -0.1) is 0 Å². The number of carbonyl (C=O) groups is 3. The summed E-state index contributed by atoms with van der Waals surface area (Å²) in [4.78, 5) is 35.0. The Morgan fingerprint density at radius 3 is 2.59 bits per heavy atom. The number of aliphatic hydroxyl groups excluding tert-OH is 1. The smallest absolute Gasteiger partial charge is 0.307 e. The maximum atomic E-state index is 12.3. The SMILES string of the molecule is CC(=O)OC1=CC=C[C@@]2(C)CC(=O)[C@](O)([C@H](O)C(C)=O)C[C@@H]12. The van der Waals surface area contributed by atoms with Crippen LogP contribution in [0.1, 0.15) is 33.6 Å². The second-order valence-corrected chi connectivity index (χ2v) is 6.32. The average molecular weight is 308 g/mol. The molecule has 2 rings (SSSR count). The van der Waals surface area contributed by atoms with Crippen molar-refractivity contribution in [3.8, 4) is 0 Å².